The van der Waals surface area contributed by atoms with Gasteiger partial charge in [0.1, 0.15) is 0 Å². The van der Waals surface area contributed by atoms with Gasteiger partial charge in [0.15, 0.2) is 0 Å². The number of aromatic nitrogens is 1. The molecular formula is C15H26F3NO3S. The number of rotatable bonds is 8. The van der Waals surface area contributed by atoms with Crippen molar-refractivity contribution in [2.75, 3.05) is 0 Å². The molecule has 1 heterocycles. The average Bonchev–Trinajstić information content (AvgIpc) is 2.88. The fraction of sp³-hybridized carbons (Fsp3) is 0.733. The van der Waals surface area contributed by atoms with Gasteiger partial charge in [0.25, 0.3) is 0 Å². The summed E-state index contributed by atoms with van der Waals surface area (Å²) < 4.78 is 59.9. The van der Waals surface area contributed by atoms with E-state index in [-0.39, 0.29) is 0 Å². The van der Waals surface area contributed by atoms with Gasteiger partial charge >= 0.3 is 15.6 Å². The molecule has 0 aliphatic carbocycles. The van der Waals surface area contributed by atoms with Crippen LogP contribution in [0.3, 0.4) is 0 Å². The van der Waals surface area contributed by atoms with Crippen molar-refractivity contribution >= 4 is 10.1 Å². The van der Waals surface area contributed by atoms with E-state index >= 15 is 0 Å². The van der Waals surface area contributed by atoms with Crippen LogP contribution in [0.25, 0.3) is 0 Å². The second-order valence-electron chi connectivity index (χ2n) is 5.24. The predicted octanol–water partition coefficient (Wildman–Crippen LogP) is 4.81. The number of hydrogen-bond donors (Lipinski definition) is 1. The maximum absolute atomic E-state index is 10.7. The number of unbranched alkanes of at least 4 members (excludes halogenated alkanes) is 5. The van der Waals surface area contributed by atoms with Gasteiger partial charge in [-0.05, 0) is 25.0 Å². The molecule has 0 saturated heterocycles. The smallest absolute Gasteiger partial charge is 0.351 e. The van der Waals surface area contributed by atoms with Crippen LogP contribution in [0.15, 0.2) is 18.3 Å². The van der Waals surface area contributed by atoms with E-state index in [2.05, 4.69) is 36.7 Å². The summed E-state index contributed by atoms with van der Waals surface area (Å²) in [5, 5.41) is 0. The van der Waals surface area contributed by atoms with E-state index in [0.29, 0.717) is 0 Å². The first-order chi connectivity index (χ1) is 10.6. The van der Waals surface area contributed by atoms with Gasteiger partial charge < -0.3 is 4.57 Å². The van der Waals surface area contributed by atoms with Crippen LogP contribution in [0.4, 0.5) is 13.2 Å². The first-order valence-corrected chi connectivity index (χ1v) is 9.25. The Bertz CT molecular complexity index is 524. The quantitative estimate of drug-likeness (QED) is 0.413. The summed E-state index contributed by atoms with van der Waals surface area (Å²) in [5.41, 5.74) is -4.06. The molecule has 0 atom stereocenters. The van der Waals surface area contributed by atoms with Crippen LogP contribution in [0.5, 0.6) is 0 Å². The molecule has 0 radical (unpaired) electrons. The average molecular weight is 357 g/mol. The van der Waals surface area contributed by atoms with Crippen molar-refractivity contribution in [3.05, 3.63) is 24.0 Å². The number of aryl methyl sites for hydroxylation is 2. The van der Waals surface area contributed by atoms with Gasteiger partial charge in [0.05, 0.1) is 0 Å². The maximum atomic E-state index is 10.7. The Morgan fingerprint density at radius 3 is 2.09 bits per heavy atom. The lowest BCUT2D eigenvalue weighted by Gasteiger charge is -2.07. The Morgan fingerprint density at radius 2 is 1.61 bits per heavy atom. The van der Waals surface area contributed by atoms with E-state index in [1.165, 1.54) is 50.8 Å². The molecular weight excluding hydrogens is 331 g/mol. The van der Waals surface area contributed by atoms with Crippen molar-refractivity contribution in [2.45, 2.75) is 70.8 Å². The molecule has 8 heteroatoms. The first kappa shape index (κ1) is 22.0. The third-order valence-electron chi connectivity index (χ3n) is 3.33. The standard InChI is InChI=1S/C14H25N.CHF3O3S/c1-3-5-6-7-8-9-12-15-13-10-11-14(15)4-2;2-1(3,4)8(5,6)7/h10-11,13H,3-9,12H2,1-2H3;(H,5,6,7). The Balaban J connectivity index is 0.000000515. The fourth-order valence-electron chi connectivity index (χ4n) is 2.05. The molecule has 23 heavy (non-hydrogen) atoms. The SMILES string of the molecule is CCCCCCCCn1cccc1CC.O=S(=O)(O)C(F)(F)F. The number of nitrogens with zero attached hydrogens (tertiary/aromatic N) is 1. The molecule has 0 spiro atoms. The van der Waals surface area contributed by atoms with Crippen molar-refractivity contribution in [3.63, 3.8) is 0 Å². The van der Waals surface area contributed by atoms with Gasteiger partial charge in [-0.3, -0.25) is 4.55 Å². The van der Waals surface area contributed by atoms with Crippen LogP contribution in [0.2, 0.25) is 0 Å². The molecule has 0 amide bonds. The summed E-state index contributed by atoms with van der Waals surface area (Å²) in [6.45, 7) is 5.71. The van der Waals surface area contributed by atoms with Crippen molar-refractivity contribution in [3.8, 4) is 0 Å². The van der Waals surface area contributed by atoms with Crippen molar-refractivity contribution in [2.24, 2.45) is 0 Å². The van der Waals surface area contributed by atoms with Gasteiger partial charge in [-0.15, -0.1) is 0 Å². The van der Waals surface area contributed by atoms with Crippen LogP contribution < -0.4 is 0 Å². The summed E-state index contributed by atoms with van der Waals surface area (Å²) in [7, 11) is -5.84. The van der Waals surface area contributed by atoms with Gasteiger partial charge in [-0.2, -0.15) is 21.6 Å². The lowest BCUT2D eigenvalue weighted by molar-refractivity contribution is -0.0510. The zero-order valence-electron chi connectivity index (χ0n) is 13.6. The molecule has 4 nitrogen and oxygen atoms in total. The summed E-state index contributed by atoms with van der Waals surface area (Å²) in [5.74, 6) is 0. The van der Waals surface area contributed by atoms with E-state index in [9.17, 15) is 13.2 Å². The van der Waals surface area contributed by atoms with Crippen molar-refractivity contribution < 1.29 is 26.1 Å². The molecule has 1 N–H and O–H groups in total. The van der Waals surface area contributed by atoms with Crippen molar-refractivity contribution in [1.82, 2.24) is 4.57 Å². The second-order valence-corrected chi connectivity index (χ2v) is 6.65. The number of hydrogen-bond acceptors (Lipinski definition) is 2. The fourth-order valence-corrected chi connectivity index (χ4v) is 2.05. The lowest BCUT2D eigenvalue weighted by Crippen LogP contribution is -2.21. The van der Waals surface area contributed by atoms with Crippen LogP contribution >= 0.6 is 0 Å². The van der Waals surface area contributed by atoms with Crippen LogP contribution in [-0.4, -0.2) is 23.0 Å². The maximum Gasteiger partial charge on any atom is 0.522 e. The lowest BCUT2D eigenvalue weighted by atomic mass is 10.1. The minimum absolute atomic E-state index is 1.16. The second kappa shape index (κ2) is 10.7. The predicted molar refractivity (Wildman–Crippen MR) is 84.8 cm³/mol. The van der Waals surface area contributed by atoms with Crippen LogP contribution in [-0.2, 0) is 23.1 Å². The minimum Gasteiger partial charge on any atom is -0.351 e. The third-order valence-corrected chi connectivity index (χ3v) is 3.92. The van der Waals surface area contributed by atoms with Gasteiger partial charge in [-0.25, -0.2) is 0 Å². The minimum atomic E-state index is -5.84. The van der Waals surface area contributed by atoms with E-state index in [1.807, 2.05) is 0 Å². The van der Waals surface area contributed by atoms with Gasteiger partial charge in [0, 0.05) is 18.4 Å². The number of alkyl halides is 3. The first-order valence-electron chi connectivity index (χ1n) is 7.81. The molecule has 0 saturated carbocycles. The zero-order chi connectivity index (χ0) is 17.9. The highest BCUT2D eigenvalue weighted by Gasteiger charge is 2.44. The van der Waals surface area contributed by atoms with E-state index in [4.69, 9.17) is 13.0 Å². The molecule has 0 aliphatic heterocycles. The topological polar surface area (TPSA) is 59.3 Å². The highest BCUT2D eigenvalue weighted by Crippen LogP contribution is 2.20. The Kier molecular flexibility index (Phi) is 10.2. The molecule has 0 aromatic carbocycles. The molecule has 0 unspecified atom stereocenters. The highest BCUT2D eigenvalue weighted by molar-refractivity contribution is 7.86. The summed E-state index contributed by atoms with van der Waals surface area (Å²) in [6.07, 6.45) is 11.7. The van der Waals surface area contributed by atoms with Gasteiger partial charge in [0.2, 0.25) is 0 Å². The molecule has 1 aromatic heterocycles. The Morgan fingerprint density at radius 1 is 1.09 bits per heavy atom. The largest absolute Gasteiger partial charge is 0.522 e. The highest BCUT2D eigenvalue weighted by atomic mass is 32.2. The molecule has 1 rings (SSSR count). The Labute approximate surface area is 136 Å². The third kappa shape index (κ3) is 9.65. The van der Waals surface area contributed by atoms with Crippen molar-refractivity contribution in [1.29, 1.82) is 0 Å². The van der Waals surface area contributed by atoms with Gasteiger partial charge in [-0.1, -0.05) is 46.0 Å². The Hall–Kier alpha value is -1.02. The normalized spacial score (nSPS) is 11.9. The molecule has 136 valence electrons. The molecule has 1 aromatic rings. The molecule has 0 bridgehead atoms. The molecule has 0 aliphatic rings. The summed E-state index contributed by atoms with van der Waals surface area (Å²) in [4.78, 5) is 0. The van der Waals surface area contributed by atoms with E-state index < -0.39 is 15.6 Å². The summed E-state index contributed by atoms with van der Waals surface area (Å²) in [6, 6.07) is 4.40. The summed E-state index contributed by atoms with van der Waals surface area (Å²) >= 11 is 0. The van der Waals surface area contributed by atoms with Crippen LogP contribution in [0.1, 0.15) is 58.1 Å². The van der Waals surface area contributed by atoms with Crippen LogP contribution in [0, 0.1) is 0 Å². The number of halogens is 3. The molecule has 0 fully saturated rings. The monoisotopic (exact) mass is 357 g/mol. The van der Waals surface area contributed by atoms with E-state index in [0.717, 1.165) is 6.42 Å². The zero-order valence-corrected chi connectivity index (χ0v) is 14.5. The van der Waals surface area contributed by atoms with E-state index in [1.54, 1.807) is 0 Å².